The first-order chi connectivity index (χ1) is 12.2. The molecule has 0 radical (unpaired) electrons. The molecule has 2 amide bonds. The van der Waals surface area contributed by atoms with Crippen molar-refractivity contribution in [2.75, 3.05) is 18.5 Å². The summed E-state index contributed by atoms with van der Waals surface area (Å²) in [4.78, 5) is 27.2. The fourth-order valence-electron chi connectivity index (χ4n) is 3.07. The fourth-order valence-corrected chi connectivity index (χ4v) is 3.94. The van der Waals surface area contributed by atoms with Gasteiger partial charge >= 0.3 is 12.0 Å². The molecule has 0 unspecified atom stereocenters. The highest BCUT2D eigenvalue weighted by Gasteiger charge is 2.30. The monoisotopic (exact) mass is 358 g/mol. The van der Waals surface area contributed by atoms with Gasteiger partial charge in [-0.3, -0.25) is 4.79 Å². The zero-order valence-corrected chi connectivity index (χ0v) is 15.1. The average Bonchev–Trinajstić information content (AvgIpc) is 3.28. The molecular formula is C19H22N2O3S. The number of anilines is 1. The summed E-state index contributed by atoms with van der Waals surface area (Å²) in [6.45, 7) is 2.95. The zero-order chi connectivity index (χ0) is 17.6. The van der Waals surface area contributed by atoms with Gasteiger partial charge in [0.25, 0.3) is 0 Å². The van der Waals surface area contributed by atoms with Crippen LogP contribution >= 0.6 is 11.3 Å². The number of thiophene rings is 1. The summed E-state index contributed by atoms with van der Waals surface area (Å²) in [5.74, 6) is -0.241. The van der Waals surface area contributed by atoms with Crippen LogP contribution in [0.5, 0.6) is 0 Å². The van der Waals surface area contributed by atoms with E-state index in [2.05, 4.69) is 11.4 Å². The minimum atomic E-state index is -0.241. The molecule has 1 saturated heterocycles. The Hall–Kier alpha value is -2.34. The van der Waals surface area contributed by atoms with Crippen LogP contribution in [0.15, 0.2) is 41.8 Å². The molecule has 25 heavy (non-hydrogen) atoms. The number of carbonyl (C=O) groups excluding carboxylic acids is 2. The van der Waals surface area contributed by atoms with Crippen LogP contribution in [0.4, 0.5) is 10.5 Å². The molecule has 0 bridgehead atoms. The van der Waals surface area contributed by atoms with Crippen molar-refractivity contribution < 1.29 is 14.3 Å². The van der Waals surface area contributed by atoms with E-state index in [9.17, 15) is 9.59 Å². The highest BCUT2D eigenvalue weighted by atomic mass is 32.1. The lowest BCUT2D eigenvalue weighted by Crippen LogP contribution is -2.34. The van der Waals surface area contributed by atoms with Crippen molar-refractivity contribution in [3.63, 3.8) is 0 Å². The second kappa shape index (κ2) is 8.16. The number of nitrogens with one attached hydrogen (secondary N) is 1. The minimum absolute atomic E-state index is 0.0750. The first-order valence-electron chi connectivity index (χ1n) is 8.53. The van der Waals surface area contributed by atoms with Crippen LogP contribution in [-0.2, 0) is 16.0 Å². The van der Waals surface area contributed by atoms with E-state index < -0.39 is 0 Å². The molecule has 0 saturated carbocycles. The maximum atomic E-state index is 12.6. The summed E-state index contributed by atoms with van der Waals surface area (Å²) in [5, 5.41) is 5.00. The van der Waals surface area contributed by atoms with Gasteiger partial charge < -0.3 is 15.0 Å². The van der Waals surface area contributed by atoms with Crippen molar-refractivity contribution in [1.29, 1.82) is 0 Å². The summed E-state index contributed by atoms with van der Waals surface area (Å²) in [5.41, 5.74) is 1.60. The molecule has 0 aliphatic carbocycles. The Morgan fingerprint density at radius 2 is 2.08 bits per heavy atom. The summed E-state index contributed by atoms with van der Waals surface area (Å²) < 4.78 is 4.94. The Balaban J connectivity index is 1.60. The highest BCUT2D eigenvalue weighted by Crippen LogP contribution is 2.34. The molecule has 1 fully saturated rings. The number of amides is 2. The van der Waals surface area contributed by atoms with Crippen LogP contribution in [0.1, 0.15) is 36.2 Å². The zero-order valence-electron chi connectivity index (χ0n) is 14.2. The summed E-state index contributed by atoms with van der Waals surface area (Å²) in [7, 11) is 0. The number of nitrogens with zero attached hydrogens (tertiary/aromatic N) is 1. The van der Waals surface area contributed by atoms with Crippen LogP contribution in [0.25, 0.3) is 0 Å². The van der Waals surface area contributed by atoms with Gasteiger partial charge in [0.15, 0.2) is 0 Å². The van der Waals surface area contributed by atoms with Crippen LogP contribution in [-0.4, -0.2) is 30.1 Å². The van der Waals surface area contributed by atoms with E-state index in [4.69, 9.17) is 4.74 Å². The third-order valence-corrected chi connectivity index (χ3v) is 5.22. The molecule has 1 aliphatic rings. The van der Waals surface area contributed by atoms with Gasteiger partial charge in [-0.05, 0) is 48.9 Å². The largest absolute Gasteiger partial charge is 0.466 e. The van der Waals surface area contributed by atoms with Gasteiger partial charge in [-0.2, -0.15) is 0 Å². The van der Waals surface area contributed by atoms with Crippen molar-refractivity contribution in [2.45, 2.75) is 32.2 Å². The van der Waals surface area contributed by atoms with Crippen molar-refractivity contribution in [3.05, 3.63) is 52.2 Å². The highest BCUT2D eigenvalue weighted by molar-refractivity contribution is 7.10. The Labute approximate surface area is 151 Å². The second-order valence-electron chi connectivity index (χ2n) is 5.98. The number of hydrogen-bond acceptors (Lipinski definition) is 4. The lowest BCUT2D eigenvalue weighted by Gasteiger charge is -2.24. The van der Waals surface area contributed by atoms with Gasteiger partial charge in [0.1, 0.15) is 0 Å². The minimum Gasteiger partial charge on any atom is -0.466 e. The molecule has 2 aromatic rings. The lowest BCUT2D eigenvalue weighted by molar-refractivity contribution is -0.142. The first kappa shape index (κ1) is 17.5. The SMILES string of the molecule is CCOC(=O)Cc1ccc(NC(=O)N2CCC[C@H]2c2cccs2)cc1. The van der Waals surface area contributed by atoms with Gasteiger partial charge in [0.05, 0.1) is 19.1 Å². The van der Waals surface area contributed by atoms with E-state index in [1.54, 1.807) is 18.3 Å². The fraction of sp³-hybridized carbons (Fsp3) is 0.368. The quantitative estimate of drug-likeness (QED) is 0.814. The summed E-state index contributed by atoms with van der Waals surface area (Å²) in [6, 6.07) is 11.5. The molecule has 132 valence electrons. The van der Waals surface area contributed by atoms with Gasteiger partial charge in [-0.25, -0.2) is 4.79 Å². The molecule has 1 aliphatic heterocycles. The molecule has 2 heterocycles. The van der Waals surface area contributed by atoms with Crippen molar-refractivity contribution >= 4 is 29.0 Å². The molecular weight excluding hydrogens is 336 g/mol. The number of rotatable bonds is 5. The second-order valence-corrected chi connectivity index (χ2v) is 6.95. The number of hydrogen-bond donors (Lipinski definition) is 1. The normalized spacial score (nSPS) is 16.7. The molecule has 3 rings (SSSR count). The van der Waals surface area contributed by atoms with Crippen LogP contribution in [0, 0.1) is 0 Å². The molecule has 1 atom stereocenters. The number of benzene rings is 1. The maximum Gasteiger partial charge on any atom is 0.322 e. The third-order valence-electron chi connectivity index (χ3n) is 4.24. The summed E-state index contributed by atoms with van der Waals surface area (Å²) in [6.07, 6.45) is 2.27. The number of carbonyl (C=O) groups is 2. The van der Waals surface area contributed by atoms with Gasteiger partial charge in [-0.15, -0.1) is 11.3 Å². The van der Waals surface area contributed by atoms with Crippen molar-refractivity contribution in [1.82, 2.24) is 4.90 Å². The molecule has 1 aromatic carbocycles. The van der Waals surface area contributed by atoms with Crippen LogP contribution in [0.2, 0.25) is 0 Å². The Morgan fingerprint density at radius 3 is 2.76 bits per heavy atom. The van der Waals surface area contributed by atoms with E-state index in [0.29, 0.717) is 6.61 Å². The Bertz CT molecular complexity index is 713. The number of likely N-dealkylation sites (tertiary alicyclic amines) is 1. The van der Waals surface area contributed by atoms with Crippen LogP contribution in [0.3, 0.4) is 0 Å². The number of urea groups is 1. The Morgan fingerprint density at radius 1 is 1.28 bits per heavy atom. The third kappa shape index (κ3) is 4.39. The molecule has 6 heteroatoms. The van der Waals surface area contributed by atoms with Crippen molar-refractivity contribution in [3.8, 4) is 0 Å². The van der Waals surface area contributed by atoms with E-state index in [1.165, 1.54) is 4.88 Å². The molecule has 5 nitrogen and oxygen atoms in total. The molecule has 0 spiro atoms. The smallest absolute Gasteiger partial charge is 0.322 e. The van der Waals surface area contributed by atoms with E-state index >= 15 is 0 Å². The number of esters is 1. The lowest BCUT2D eigenvalue weighted by atomic mass is 10.1. The maximum absolute atomic E-state index is 12.6. The predicted molar refractivity (Wildman–Crippen MR) is 98.8 cm³/mol. The summed E-state index contributed by atoms with van der Waals surface area (Å²) >= 11 is 1.69. The van der Waals surface area contributed by atoms with E-state index in [0.717, 1.165) is 30.6 Å². The van der Waals surface area contributed by atoms with Crippen LogP contribution < -0.4 is 5.32 Å². The first-order valence-corrected chi connectivity index (χ1v) is 9.41. The predicted octanol–water partition coefficient (Wildman–Crippen LogP) is 4.22. The van der Waals surface area contributed by atoms with E-state index in [1.807, 2.05) is 40.6 Å². The van der Waals surface area contributed by atoms with Gasteiger partial charge in [0, 0.05) is 17.1 Å². The topological polar surface area (TPSA) is 58.6 Å². The molecule has 1 aromatic heterocycles. The molecule has 1 N–H and O–H groups in total. The van der Waals surface area contributed by atoms with Gasteiger partial charge in [-0.1, -0.05) is 18.2 Å². The average molecular weight is 358 g/mol. The standard InChI is InChI=1S/C19H22N2O3S/c1-2-24-18(22)13-14-7-9-15(10-8-14)20-19(23)21-11-3-5-16(21)17-6-4-12-25-17/h4,6-10,12,16H,2-3,5,11,13H2,1H3,(H,20,23)/t16-/m0/s1. The van der Waals surface area contributed by atoms with Crippen molar-refractivity contribution in [2.24, 2.45) is 0 Å². The van der Waals surface area contributed by atoms with E-state index in [-0.39, 0.29) is 24.5 Å². The van der Waals surface area contributed by atoms with Gasteiger partial charge in [0.2, 0.25) is 0 Å². The Kier molecular flexibility index (Phi) is 5.71. The number of ether oxygens (including phenoxy) is 1.